The van der Waals surface area contributed by atoms with E-state index in [0.29, 0.717) is 24.5 Å². The lowest BCUT2D eigenvalue weighted by molar-refractivity contribution is -0.140. The van der Waals surface area contributed by atoms with Gasteiger partial charge in [-0.05, 0) is 69.2 Å². The van der Waals surface area contributed by atoms with Gasteiger partial charge in [-0.25, -0.2) is 4.39 Å². The number of aryl methyl sites for hydroxylation is 2. The summed E-state index contributed by atoms with van der Waals surface area (Å²) in [6.45, 7) is 6.67. The maximum atomic E-state index is 13.2. The van der Waals surface area contributed by atoms with Crippen molar-refractivity contribution in [1.29, 1.82) is 0 Å². The predicted molar refractivity (Wildman–Crippen MR) is 103 cm³/mol. The number of benzene rings is 1. The Hall–Kier alpha value is -2.17. The SMILES string of the molecule is Cc1cc(C)n(CC(C)C(=O)N2C3CCC2CC(c2ccc(F)cc2)C3)n1. The molecule has 3 heterocycles. The second-order valence-corrected chi connectivity index (χ2v) is 8.36. The van der Waals surface area contributed by atoms with Gasteiger partial charge in [0.2, 0.25) is 5.91 Å². The molecule has 2 aliphatic heterocycles. The van der Waals surface area contributed by atoms with Crippen LogP contribution in [0.5, 0.6) is 0 Å². The Bertz CT molecular complexity index is 815. The van der Waals surface area contributed by atoms with E-state index in [4.69, 9.17) is 0 Å². The fourth-order valence-corrected chi connectivity index (χ4v) is 5.00. The summed E-state index contributed by atoms with van der Waals surface area (Å²) in [6, 6.07) is 9.58. The van der Waals surface area contributed by atoms with E-state index in [1.807, 2.05) is 37.6 Å². The summed E-state index contributed by atoms with van der Waals surface area (Å²) in [5.41, 5.74) is 3.30. The largest absolute Gasteiger partial charge is 0.336 e. The third-order valence-electron chi connectivity index (χ3n) is 6.30. The van der Waals surface area contributed by atoms with E-state index >= 15 is 0 Å². The minimum atomic E-state index is -0.188. The molecule has 2 aromatic rings. The van der Waals surface area contributed by atoms with Crippen molar-refractivity contribution in [2.24, 2.45) is 5.92 Å². The van der Waals surface area contributed by atoms with Gasteiger partial charge in [0.15, 0.2) is 0 Å². The monoisotopic (exact) mass is 369 g/mol. The van der Waals surface area contributed by atoms with E-state index in [0.717, 1.165) is 37.1 Å². The summed E-state index contributed by atoms with van der Waals surface area (Å²) in [5.74, 6) is 0.423. The van der Waals surface area contributed by atoms with Gasteiger partial charge in [-0.2, -0.15) is 5.10 Å². The molecule has 5 heteroatoms. The summed E-state index contributed by atoms with van der Waals surface area (Å²) in [7, 11) is 0. The first-order valence-corrected chi connectivity index (χ1v) is 10.0. The van der Waals surface area contributed by atoms with Crippen LogP contribution in [-0.2, 0) is 11.3 Å². The molecule has 2 bridgehead atoms. The van der Waals surface area contributed by atoms with E-state index in [1.165, 1.54) is 5.56 Å². The first kappa shape index (κ1) is 18.2. The molecule has 1 aromatic carbocycles. The fraction of sp³-hybridized carbons (Fsp3) is 0.545. The van der Waals surface area contributed by atoms with Crippen molar-refractivity contribution in [1.82, 2.24) is 14.7 Å². The summed E-state index contributed by atoms with van der Waals surface area (Å²) in [4.78, 5) is 15.4. The van der Waals surface area contributed by atoms with Gasteiger partial charge in [-0.1, -0.05) is 19.1 Å². The van der Waals surface area contributed by atoms with Crippen LogP contribution < -0.4 is 0 Å². The summed E-state index contributed by atoms with van der Waals surface area (Å²) >= 11 is 0. The van der Waals surface area contributed by atoms with E-state index in [1.54, 1.807) is 12.1 Å². The zero-order chi connectivity index (χ0) is 19.1. The highest BCUT2D eigenvalue weighted by Crippen LogP contribution is 2.43. The number of carbonyl (C=O) groups excluding carboxylic acids is 1. The molecule has 1 amide bonds. The maximum absolute atomic E-state index is 13.2. The second kappa shape index (κ2) is 7.10. The molecule has 27 heavy (non-hydrogen) atoms. The Morgan fingerprint density at radius 1 is 1.19 bits per heavy atom. The smallest absolute Gasteiger partial charge is 0.227 e. The second-order valence-electron chi connectivity index (χ2n) is 8.36. The van der Waals surface area contributed by atoms with Crippen LogP contribution in [-0.4, -0.2) is 32.7 Å². The fourth-order valence-electron chi connectivity index (χ4n) is 5.00. The maximum Gasteiger partial charge on any atom is 0.227 e. The van der Waals surface area contributed by atoms with Gasteiger partial charge in [0.25, 0.3) is 0 Å². The molecular weight excluding hydrogens is 341 g/mol. The first-order chi connectivity index (χ1) is 12.9. The number of hydrogen-bond acceptors (Lipinski definition) is 2. The van der Waals surface area contributed by atoms with E-state index in [-0.39, 0.29) is 17.6 Å². The minimum Gasteiger partial charge on any atom is -0.336 e. The van der Waals surface area contributed by atoms with Crippen molar-refractivity contribution in [2.45, 2.75) is 71.0 Å². The zero-order valence-electron chi connectivity index (χ0n) is 16.4. The molecule has 0 spiro atoms. The van der Waals surface area contributed by atoms with E-state index < -0.39 is 0 Å². The highest BCUT2D eigenvalue weighted by atomic mass is 19.1. The van der Waals surface area contributed by atoms with Crippen LogP contribution in [0.4, 0.5) is 4.39 Å². The van der Waals surface area contributed by atoms with Crippen LogP contribution >= 0.6 is 0 Å². The Balaban J connectivity index is 1.45. The molecule has 2 aliphatic rings. The number of nitrogens with zero attached hydrogens (tertiary/aromatic N) is 3. The molecule has 2 saturated heterocycles. The molecule has 144 valence electrons. The Kier molecular flexibility index (Phi) is 4.79. The van der Waals surface area contributed by atoms with Gasteiger partial charge in [-0.3, -0.25) is 9.48 Å². The van der Waals surface area contributed by atoms with E-state index in [9.17, 15) is 9.18 Å². The van der Waals surface area contributed by atoms with Crippen molar-refractivity contribution in [2.75, 3.05) is 0 Å². The molecule has 2 fully saturated rings. The third kappa shape index (κ3) is 3.52. The van der Waals surface area contributed by atoms with Gasteiger partial charge < -0.3 is 4.90 Å². The summed E-state index contributed by atoms with van der Waals surface area (Å²) in [6.07, 6.45) is 4.14. The normalized spacial score (nSPS) is 25.6. The molecule has 1 aromatic heterocycles. The number of fused-ring (bicyclic) bond motifs is 2. The molecule has 3 atom stereocenters. The van der Waals surface area contributed by atoms with Crippen LogP contribution in [0.3, 0.4) is 0 Å². The van der Waals surface area contributed by atoms with Gasteiger partial charge in [0.1, 0.15) is 5.82 Å². The lowest BCUT2D eigenvalue weighted by atomic mass is 9.84. The standard InChI is InChI=1S/C22H28FN3O/c1-14(13-25-16(3)10-15(2)24-25)22(27)26-20-8-9-21(26)12-18(11-20)17-4-6-19(23)7-5-17/h4-7,10,14,18,20-21H,8-9,11-13H2,1-3H3. The van der Waals surface area contributed by atoms with Gasteiger partial charge in [0.05, 0.1) is 18.2 Å². The minimum absolute atomic E-state index is 0.0755. The van der Waals surface area contributed by atoms with Crippen molar-refractivity contribution in [3.05, 3.63) is 53.1 Å². The average molecular weight is 369 g/mol. The highest BCUT2D eigenvalue weighted by molar-refractivity contribution is 5.79. The van der Waals surface area contributed by atoms with Crippen LogP contribution in [0.2, 0.25) is 0 Å². The number of aromatic nitrogens is 2. The summed E-state index contributed by atoms with van der Waals surface area (Å²) < 4.78 is 15.2. The molecule has 0 saturated carbocycles. The van der Waals surface area contributed by atoms with Crippen LogP contribution in [0.15, 0.2) is 30.3 Å². The van der Waals surface area contributed by atoms with Gasteiger partial charge in [0, 0.05) is 17.8 Å². The quantitative estimate of drug-likeness (QED) is 0.810. The number of halogens is 1. The Labute approximate surface area is 160 Å². The van der Waals surface area contributed by atoms with Crippen LogP contribution in [0.25, 0.3) is 0 Å². The van der Waals surface area contributed by atoms with Crippen molar-refractivity contribution in [3.63, 3.8) is 0 Å². The Morgan fingerprint density at radius 3 is 2.37 bits per heavy atom. The average Bonchev–Trinajstić information content (AvgIpc) is 3.09. The van der Waals surface area contributed by atoms with Crippen LogP contribution in [0.1, 0.15) is 55.5 Å². The lowest BCUT2D eigenvalue weighted by Gasteiger charge is -2.40. The molecular formula is C22H28FN3O. The molecule has 4 rings (SSSR count). The molecule has 0 N–H and O–H groups in total. The molecule has 0 radical (unpaired) electrons. The molecule has 3 unspecified atom stereocenters. The van der Waals surface area contributed by atoms with Crippen LogP contribution in [0, 0.1) is 25.6 Å². The van der Waals surface area contributed by atoms with Gasteiger partial charge >= 0.3 is 0 Å². The number of carbonyl (C=O) groups is 1. The number of rotatable bonds is 4. The Morgan fingerprint density at radius 2 is 1.81 bits per heavy atom. The third-order valence-corrected chi connectivity index (χ3v) is 6.30. The van der Waals surface area contributed by atoms with Gasteiger partial charge in [-0.15, -0.1) is 0 Å². The van der Waals surface area contributed by atoms with Crippen molar-refractivity contribution < 1.29 is 9.18 Å². The first-order valence-electron chi connectivity index (χ1n) is 10.0. The molecule has 4 nitrogen and oxygen atoms in total. The number of hydrogen-bond donors (Lipinski definition) is 0. The lowest BCUT2D eigenvalue weighted by Crippen LogP contribution is -2.48. The van der Waals surface area contributed by atoms with E-state index in [2.05, 4.69) is 16.1 Å². The topological polar surface area (TPSA) is 38.1 Å². The van der Waals surface area contributed by atoms with Crippen molar-refractivity contribution >= 4 is 5.91 Å². The van der Waals surface area contributed by atoms with Crippen molar-refractivity contribution in [3.8, 4) is 0 Å². The zero-order valence-corrected chi connectivity index (χ0v) is 16.4. The summed E-state index contributed by atoms with van der Waals surface area (Å²) in [5, 5.41) is 4.51. The highest BCUT2D eigenvalue weighted by Gasteiger charge is 2.44. The predicted octanol–water partition coefficient (Wildman–Crippen LogP) is 4.21. The number of piperidine rings is 1. The number of amides is 1. The molecule has 0 aliphatic carbocycles.